The number of piperazine rings is 1. The van der Waals surface area contributed by atoms with Crippen LogP contribution in [0.4, 0.5) is 0 Å². The molecule has 0 radical (unpaired) electrons. The lowest BCUT2D eigenvalue weighted by Gasteiger charge is -2.35. The smallest absolute Gasteiger partial charge is 0.0817 e. The zero-order valence-electron chi connectivity index (χ0n) is 12.1. The first-order valence-corrected chi connectivity index (χ1v) is 8.49. The van der Waals surface area contributed by atoms with Gasteiger partial charge in [0.05, 0.1) is 16.1 Å². The molecule has 1 aliphatic carbocycles. The molecule has 21 heavy (non-hydrogen) atoms. The summed E-state index contributed by atoms with van der Waals surface area (Å²) in [4.78, 5) is 5.03. The molecule has 2 fully saturated rings. The number of nitrogens with zero attached hydrogens (tertiary/aromatic N) is 2. The predicted molar refractivity (Wildman–Crippen MR) is 87.1 cm³/mol. The van der Waals surface area contributed by atoms with Crippen molar-refractivity contribution in [3.63, 3.8) is 0 Å². The molecule has 116 valence electrons. The van der Waals surface area contributed by atoms with Crippen LogP contribution in [0.1, 0.15) is 30.9 Å². The van der Waals surface area contributed by atoms with Gasteiger partial charge in [0.2, 0.25) is 0 Å². The Morgan fingerprint density at radius 3 is 2.52 bits per heavy atom. The summed E-state index contributed by atoms with van der Waals surface area (Å²) in [6.45, 7) is 5.44. The summed E-state index contributed by atoms with van der Waals surface area (Å²) in [6, 6.07) is 6.30. The van der Waals surface area contributed by atoms with Crippen LogP contribution in [0, 0.1) is 0 Å². The molecule has 1 heterocycles. The Morgan fingerprint density at radius 2 is 1.86 bits per heavy atom. The maximum absolute atomic E-state index is 10.3. The van der Waals surface area contributed by atoms with E-state index in [1.807, 2.05) is 12.1 Å². The van der Waals surface area contributed by atoms with Gasteiger partial charge < -0.3 is 10.0 Å². The maximum Gasteiger partial charge on any atom is 0.0817 e. The van der Waals surface area contributed by atoms with Crippen molar-refractivity contribution in [2.24, 2.45) is 0 Å². The maximum atomic E-state index is 10.3. The molecule has 5 heteroatoms. The third-order valence-corrected chi connectivity index (χ3v) is 5.36. The van der Waals surface area contributed by atoms with E-state index < -0.39 is 6.10 Å². The molecule has 2 aliphatic rings. The Morgan fingerprint density at radius 1 is 1.14 bits per heavy atom. The summed E-state index contributed by atoms with van der Waals surface area (Å²) in [5.41, 5.74) is 0.737. The SMILES string of the molecule is OC(CCN1CCN(C2CC2)CC1)c1cccc(Cl)c1Cl. The van der Waals surface area contributed by atoms with Crippen molar-refractivity contribution in [1.82, 2.24) is 9.80 Å². The number of benzene rings is 1. The van der Waals surface area contributed by atoms with Crippen molar-refractivity contribution in [3.05, 3.63) is 33.8 Å². The minimum Gasteiger partial charge on any atom is -0.388 e. The van der Waals surface area contributed by atoms with Crippen molar-refractivity contribution in [3.8, 4) is 0 Å². The summed E-state index contributed by atoms with van der Waals surface area (Å²) in [5, 5.41) is 11.3. The molecule has 1 aromatic carbocycles. The summed E-state index contributed by atoms with van der Waals surface area (Å²) in [6.07, 6.45) is 2.92. The summed E-state index contributed by atoms with van der Waals surface area (Å²) < 4.78 is 0. The van der Waals surface area contributed by atoms with E-state index in [-0.39, 0.29) is 0 Å². The Kier molecular flexibility index (Phi) is 5.07. The molecule has 0 bridgehead atoms. The molecule has 0 spiro atoms. The van der Waals surface area contributed by atoms with Gasteiger partial charge in [0.25, 0.3) is 0 Å². The Balaban J connectivity index is 1.47. The number of hydrogen-bond donors (Lipinski definition) is 1. The van der Waals surface area contributed by atoms with Crippen LogP contribution >= 0.6 is 23.2 Å². The highest BCUT2D eigenvalue weighted by molar-refractivity contribution is 6.42. The van der Waals surface area contributed by atoms with Crippen molar-refractivity contribution < 1.29 is 5.11 Å². The second-order valence-corrected chi connectivity index (χ2v) is 6.84. The third-order valence-electron chi connectivity index (χ3n) is 4.53. The molecule has 1 aromatic rings. The van der Waals surface area contributed by atoms with E-state index in [1.165, 1.54) is 25.9 Å². The third kappa shape index (κ3) is 3.91. The fraction of sp³-hybridized carbons (Fsp3) is 0.625. The van der Waals surface area contributed by atoms with Crippen LogP contribution < -0.4 is 0 Å². The molecule has 1 saturated heterocycles. The van der Waals surface area contributed by atoms with Gasteiger partial charge in [-0.1, -0.05) is 35.3 Å². The van der Waals surface area contributed by atoms with Gasteiger partial charge in [0.1, 0.15) is 0 Å². The van der Waals surface area contributed by atoms with Crippen molar-refractivity contribution >= 4 is 23.2 Å². The highest BCUT2D eigenvalue weighted by atomic mass is 35.5. The van der Waals surface area contributed by atoms with E-state index in [2.05, 4.69) is 9.80 Å². The van der Waals surface area contributed by atoms with E-state index >= 15 is 0 Å². The molecule has 3 nitrogen and oxygen atoms in total. The number of hydrogen-bond acceptors (Lipinski definition) is 3. The molecular formula is C16H22Cl2N2O. The van der Waals surface area contributed by atoms with Gasteiger partial charge in [0.15, 0.2) is 0 Å². The molecule has 1 unspecified atom stereocenters. The van der Waals surface area contributed by atoms with Gasteiger partial charge in [-0.05, 0) is 25.3 Å². The second kappa shape index (κ2) is 6.84. The molecule has 3 rings (SSSR count). The Labute approximate surface area is 136 Å². The lowest BCUT2D eigenvalue weighted by atomic mass is 10.1. The summed E-state index contributed by atoms with van der Waals surface area (Å²) in [5.74, 6) is 0. The quantitative estimate of drug-likeness (QED) is 0.899. The zero-order valence-corrected chi connectivity index (χ0v) is 13.7. The van der Waals surface area contributed by atoms with E-state index in [4.69, 9.17) is 23.2 Å². The minimum atomic E-state index is -0.544. The average Bonchev–Trinajstić information content (AvgIpc) is 3.33. The first-order chi connectivity index (χ1) is 10.1. The van der Waals surface area contributed by atoms with Crippen LogP contribution in [-0.4, -0.2) is 53.7 Å². The zero-order chi connectivity index (χ0) is 14.8. The van der Waals surface area contributed by atoms with Gasteiger partial charge in [-0.25, -0.2) is 0 Å². The average molecular weight is 329 g/mol. The van der Waals surface area contributed by atoms with Gasteiger partial charge in [-0.15, -0.1) is 0 Å². The van der Waals surface area contributed by atoms with E-state index in [9.17, 15) is 5.11 Å². The lowest BCUT2D eigenvalue weighted by molar-refractivity contribution is 0.0991. The first-order valence-electron chi connectivity index (χ1n) is 7.73. The van der Waals surface area contributed by atoms with Crippen molar-refractivity contribution in [1.29, 1.82) is 0 Å². The molecular weight excluding hydrogens is 307 g/mol. The second-order valence-electron chi connectivity index (χ2n) is 6.06. The largest absolute Gasteiger partial charge is 0.388 e. The topological polar surface area (TPSA) is 26.7 Å². The van der Waals surface area contributed by atoms with E-state index in [0.717, 1.165) is 31.2 Å². The van der Waals surface area contributed by atoms with Crippen LogP contribution in [0.5, 0.6) is 0 Å². The van der Waals surface area contributed by atoms with Crippen LogP contribution in [-0.2, 0) is 0 Å². The van der Waals surface area contributed by atoms with Crippen LogP contribution in [0.25, 0.3) is 0 Å². The molecule has 1 saturated carbocycles. The first kappa shape index (κ1) is 15.6. The Hall–Kier alpha value is -0.320. The molecule has 0 aromatic heterocycles. The van der Waals surface area contributed by atoms with Crippen LogP contribution in [0.3, 0.4) is 0 Å². The Bertz CT molecular complexity index is 485. The van der Waals surface area contributed by atoms with Crippen molar-refractivity contribution in [2.45, 2.75) is 31.4 Å². The number of rotatable bonds is 5. The van der Waals surface area contributed by atoms with E-state index in [0.29, 0.717) is 16.5 Å². The van der Waals surface area contributed by atoms with Crippen LogP contribution in [0.2, 0.25) is 10.0 Å². The summed E-state index contributed by atoms with van der Waals surface area (Å²) in [7, 11) is 0. The number of aliphatic hydroxyl groups is 1. The fourth-order valence-corrected chi connectivity index (χ4v) is 3.46. The van der Waals surface area contributed by atoms with Crippen molar-refractivity contribution in [2.75, 3.05) is 32.7 Å². The van der Waals surface area contributed by atoms with Gasteiger partial charge in [-0.3, -0.25) is 4.90 Å². The number of halogens is 2. The van der Waals surface area contributed by atoms with Crippen LogP contribution in [0.15, 0.2) is 18.2 Å². The number of aliphatic hydroxyl groups excluding tert-OH is 1. The van der Waals surface area contributed by atoms with Gasteiger partial charge >= 0.3 is 0 Å². The molecule has 0 amide bonds. The lowest BCUT2D eigenvalue weighted by Crippen LogP contribution is -2.47. The predicted octanol–water partition coefficient (Wildman–Crippen LogP) is 3.20. The van der Waals surface area contributed by atoms with Gasteiger partial charge in [-0.2, -0.15) is 0 Å². The van der Waals surface area contributed by atoms with Gasteiger partial charge in [0, 0.05) is 44.3 Å². The van der Waals surface area contributed by atoms with E-state index in [1.54, 1.807) is 6.07 Å². The molecule has 1 aliphatic heterocycles. The summed E-state index contributed by atoms with van der Waals surface area (Å²) >= 11 is 12.2. The highest BCUT2D eigenvalue weighted by Gasteiger charge is 2.31. The standard InChI is InChI=1S/C16H22Cl2N2O/c17-14-3-1-2-13(16(14)18)15(21)6-7-19-8-10-20(11-9-19)12-4-5-12/h1-3,12,15,21H,4-11H2. The molecule has 1 N–H and O–H groups in total. The minimum absolute atomic E-state index is 0.477. The molecule has 1 atom stereocenters. The highest BCUT2D eigenvalue weighted by Crippen LogP contribution is 2.31. The fourth-order valence-electron chi connectivity index (χ4n) is 3.03. The monoisotopic (exact) mass is 328 g/mol. The normalized spacial score (nSPS) is 22.4.